The van der Waals surface area contributed by atoms with E-state index in [9.17, 15) is 9.59 Å². The topological polar surface area (TPSA) is 79.7 Å². The van der Waals surface area contributed by atoms with Gasteiger partial charge in [-0.2, -0.15) is 0 Å². The summed E-state index contributed by atoms with van der Waals surface area (Å²) in [5.74, 6) is -0.378. The van der Waals surface area contributed by atoms with Gasteiger partial charge in [0.15, 0.2) is 0 Å². The van der Waals surface area contributed by atoms with Crippen molar-refractivity contribution >= 4 is 23.2 Å². The van der Waals surface area contributed by atoms with Crippen molar-refractivity contribution in [2.75, 3.05) is 14.1 Å². The first-order valence-electron chi connectivity index (χ1n) is 5.65. The third-order valence-corrected chi connectivity index (χ3v) is 3.28. The number of aromatic carboxylic acids is 1. The van der Waals surface area contributed by atoms with E-state index < -0.39 is 5.97 Å². The van der Waals surface area contributed by atoms with E-state index in [1.165, 1.54) is 23.2 Å². The van der Waals surface area contributed by atoms with Gasteiger partial charge in [-0.05, 0) is 6.07 Å². The summed E-state index contributed by atoms with van der Waals surface area (Å²) < 4.78 is 5.52. The molecule has 0 spiro atoms. The number of carbonyl (C=O) groups excluding carboxylic acids is 1. The molecular weight excluding hydrogens is 280 g/mol. The Morgan fingerprint density at radius 1 is 1.30 bits per heavy atom. The van der Waals surface area contributed by atoms with Crippen molar-refractivity contribution in [2.24, 2.45) is 0 Å². The van der Waals surface area contributed by atoms with Crippen LogP contribution in [0.1, 0.15) is 20.2 Å². The van der Waals surface area contributed by atoms with Crippen molar-refractivity contribution in [1.82, 2.24) is 9.88 Å². The number of carboxylic acids is 1. The Morgan fingerprint density at radius 3 is 2.65 bits per heavy atom. The lowest BCUT2D eigenvalue weighted by atomic mass is 10.3. The normalized spacial score (nSPS) is 10.1. The van der Waals surface area contributed by atoms with Gasteiger partial charge in [-0.3, -0.25) is 9.78 Å². The van der Waals surface area contributed by atoms with E-state index in [0.717, 1.165) is 11.3 Å². The molecule has 0 aliphatic carbocycles. The van der Waals surface area contributed by atoms with Crippen molar-refractivity contribution < 1.29 is 19.4 Å². The summed E-state index contributed by atoms with van der Waals surface area (Å²) in [4.78, 5) is 28.1. The molecule has 0 atom stereocenters. The van der Waals surface area contributed by atoms with Gasteiger partial charge < -0.3 is 14.7 Å². The summed E-state index contributed by atoms with van der Waals surface area (Å²) in [5.41, 5.74) is 0.265. The second-order valence-corrected chi connectivity index (χ2v) is 5.04. The lowest BCUT2D eigenvalue weighted by molar-refractivity contribution is 0.0701. The zero-order valence-corrected chi connectivity index (χ0v) is 11.7. The SMILES string of the molecule is CN(C)C(=O)c1cc(Oc2csc(C(=O)O)c2)ccn1. The smallest absolute Gasteiger partial charge is 0.346 e. The zero-order chi connectivity index (χ0) is 14.7. The van der Waals surface area contributed by atoms with Crippen LogP contribution in [0.25, 0.3) is 0 Å². The molecular formula is C13H12N2O4S. The number of hydrogen-bond acceptors (Lipinski definition) is 5. The molecule has 0 saturated heterocycles. The predicted octanol–water partition coefficient (Wildman–Crippen LogP) is 2.34. The van der Waals surface area contributed by atoms with Crippen LogP contribution in [0.3, 0.4) is 0 Å². The van der Waals surface area contributed by atoms with E-state index in [2.05, 4.69) is 4.98 Å². The highest BCUT2D eigenvalue weighted by Crippen LogP contribution is 2.27. The van der Waals surface area contributed by atoms with Crippen LogP contribution in [-0.2, 0) is 0 Å². The molecule has 104 valence electrons. The molecule has 2 aromatic heterocycles. The van der Waals surface area contributed by atoms with Crippen LogP contribution < -0.4 is 4.74 Å². The number of carboxylic acid groups (broad SMARTS) is 1. The maximum atomic E-state index is 11.8. The highest BCUT2D eigenvalue weighted by molar-refractivity contribution is 7.12. The average Bonchev–Trinajstić information content (AvgIpc) is 2.86. The molecule has 1 N–H and O–H groups in total. The predicted molar refractivity (Wildman–Crippen MR) is 73.6 cm³/mol. The number of pyridine rings is 1. The van der Waals surface area contributed by atoms with Crippen LogP contribution in [0, 0.1) is 0 Å². The number of rotatable bonds is 4. The van der Waals surface area contributed by atoms with E-state index >= 15 is 0 Å². The van der Waals surface area contributed by atoms with E-state index in [1.807, 2.05) is 0 Å². The second kappa shape index (κ2) is 5.70. The largest absolute Gasteiger partial charge is 0.477 e. The van der Waals surface area contributed by atoms with Crippen LogP contribution >= 0.6 is 11.3 Å². The van der Waals surface area contributed by atoms with Crippen LogP contribution in [0.2, 0.25) is 0 Å². The van der Waals surface area contributed by atoms with Crippen LogP contribution in [-0.4, -0.2) is 41.0 Å². The number of carbonyl (C=O) groups is 2. The Labute approximate surface area is 119 Å². The number of hydrogen-bond donors (Lipinski definition) is 1. The zero-order valence-electron chi connectivity index (χ0n) is 10.9. The number of ether oxygens (including phenoxy) is 1. The Bertz CT molecular complexity index is 651. The molecule has 0 saturated carbocycles. The van der Waals surface area contributed by atoms with Gasteiger partial charge >= 0.3 is 5.97 Å². The quantitative estimate of drug-likeness (QED) is 0.935. The number of nitrogens with zero attached hydrogens (tertiary/aromatic N) is 2. The summed E-state index contributed by atoms with van der Waals surface area (Å²) in [5, 5.41) is 10.4. The molecule has 0 aliphatic heterocycles. The van der Waals surface area contributed by atoms with Gasteiger partial charge in [0.05, 0.1) is 0 Å². The Morgan fingerprint density at radius 2 is 2.05 bits per heavy atom. The number of thiophene rings is 1. The van der Waals surface area contributed by atoms with Crippen molar-refractivity contribution in [3.63, 3.8) is 0 Å². The average molecular weight is 292 g/mol. The third-order valence-electron chi connectivity index (χ3n) is 2.38. The summed E-state index contributed by atoms with van der Waals surface area (Å²) in [6.07, 6.45) is 1.47. The maximum absolute atomic E-state index is 11.8. The maximum Gasteiger partial charge on any atom is 0.346 e. The minimum Gasteiger partial charge on any atom is -0.477 e. The monoisotopic (exact) mass is 292 g/mol. The van der Waals surface area contributed by atoms with E-state index in [4.69, 9.17) is 9.84 Å². The van der Waals surface area contributed by atoms with Crippen LogP contribution in [0.4, 0.5) is 0 Å². The Balaban J connectivity index is 2.19. The molecule has 0 unspecified atom stereocenters. The summed E-state index contributed by atoms with van der Waals surface area (Å²) in [7, 11) is 3.27. The lowest BCUT2D eigenvalue weighted by Gasteiger charge is -2.10. The fourth-order valence-electron chi connectivity index (χ4n) is 1.44. The first-order chi connectivity index (χ1) is 9.47. The molecule has 0 aliphatic rings. The van der Waals surface area contributed by atoms with Crippen molar-refractivity contribution in [1.29, 1.82) is 0 Å². The molecule has 1 amide bonds. The first-order valence-corrected chi connectivity index (χ1v) is 6.52. The van der Waals surface area contributed by atoms with Gasteiger partial charge in [0.2, 0.25) is 0 Å². The van der Waals surface area contributed by atoms with Gasteiger partial charge in [-0.1, -0.05) is 0 Å². The molecule has 2 rings (SSSR count). The fourth-order valence-corrected chi connectivity index (χ4v) is 2.09. The minimum atomic E-state index is -0.997. The van der Waals surface area contributed by atoms with E-state index in [0.29, 0.717) is 11.5 Å². The molecule has 20 heavy (non-hydrogen) atoms. The molecule has 6 nitrogen and oxygen atoms in total. The standard InChI is InChI=1S/C13H12N2O4S/c1-15(2)12(16)10-5-8(3-4-14-10)19-9-6-11(13(17)18)20-7-9/h3-7H,1-2H3,(H,17,18). The van der Waals surface area contributed by atoms with E-state index in [-0.39, 0.29) is 16.5 Å². The third kappa shape index (κ3) is 3.12. The van der Waals surface area contributed by atoms with Gasteiger partial charge in [0.1, 0.15) is 22.1 Å². The van der Waals surface area contributed by atoms with Crippen LogP contribution in [0.5, 0.6) is 11.5 Å². The molecule has 7 heteroatoms. The lowest BCUT2D eigenvalue weighted by Crippen LogP contribution is -2.22. The van der Waals surface area contributed by atoms with Crippen molar-refractivity contribution in [3.05, 3.63) is 40.3 Å². The molecule has 0 fully saturated rings. The summed E-state index contributed by atoms with van der Waals surface area (Å²) in [6, 6.07) is 4.55. The molecule has 0 aromatic carbocycles. The fraction of sp³-hybridized carbons (Fsp3) is 0.154. The summed E-state index contributed by atoms with van der Waals surface area (Å²) >= 11 is 1.08. The summed E-state index contributed by atoms with van der Waals surface area (Å²) in [6.45, 7) is 0. The Hall–Kier alpha value is -2.41. The number of amides is 1. The molecule has 2 aromatic rings. The van der Waals surface area contributed by atoms with Crippen molar-refractivity contribution in [2.45, 2.75) is 0 Å². The van der Waals surface area contributed by atoms with Gasteiger partial charge in [-0.25, -0.2) is 4.79 Å². The second-order valence-electron chi connectivity index (χ2n) is 4.13. The minimum absolute atomic E-state index is 0.193. The van der Waals surface area contributed by atoms with Gasteiger partial charge in [-0.15, -0.1) is 11.3 Å². The number of aromatic nitrogens is 1. The molecule has 0 radical (unpaired) electrons. The van der Waals surface area contributed by atoms with E-state index in [1.54, 1.807) is 25.5 Å². The van der Waals surface area contributed by atoms with Gasteiger partial charge in [0, 0.05) is 37.8 Å². The molecule has 2 heterocycles. The Kier molecular flexibility index (Phi) is 3.99. The highest BCUT2D eigenvalue weighted by Gasteiger charge is 2.12. The van der Waals surface area contributed by atoms with Gasteiger partial charge in [0.25, 0.3) is 5.91 Å². The van der Waals surface area contributed by atoms with Crippen molar-refractivity contribution in [3.8, 4) is 11.5 Å². The first kappa shape index (κ1) is 14.0. The highest BCUT2D eigenvalue weighted by atomic mass is 32.1. The van der Waals surface area contributed by atoms with Crippen LogP contribution in [0.15, 0.2) is 29.8 Å². The molecule has 0 bridgehead atoms.